The zero-order valence-electron chi connectivity index (χ0n) is 14.6. The van der Waals surface area contributed by atoms with E-state index in [0.717, 1.165) is 32.1 Å². The molecule has 1 aromatic carbocycles. The molecule has 0 unspecified atom stereocenters. The number of carboxylic acids is 1. The zero-order chi connectivity index (χ0) is 20.7. The van der Waals surface area contributed by atoms with E-state index in [-0.39, 0.29) is 5.75 Å². The lowest BCUT2D eigenvalue weighted by molar-refractivity contribution is -0.192. The maximum Gasteiger partial charge on any atom is 0.490 e. The third-order valence-electron chi connectivity index (χ3n) is 3.68. The van der Waals surface area contributed by atoms with Gasteiger partial charge in [0.05, 0.1) is 12.2 Å². The molecule has 1 radical (unpaired) electrons. The highest BCUT2D eigenvalue weighted by Gasteiger charge is 2.38. The number of nitrogens with zero attached hydrogens (tertiary/aromatic N) is 1. The van der Waals surface area contributed by atoms with Crippen LogP contribution in [0.5, 0.6) is 5.75 Å². The molecule has 27 heavy (non-hydrogen) atoms. The Balaban J connectivity index is 0.000000445. The number of carbonyl (C=O) groups is 1. The van der Waals surface area contributed by atoms with Crippen molar-refractivity contribution in [1.82, 2.24) is 4.90 Å². The number of aryl methyl sites for hydroxylation is 1. The standard InChI is InChI=1S/C15H19F3NO.C2HF3O2/c1-12-5-6-14(13(11-12)15(16,17)18)20-10-4-9-19-7-2-3-8-19;3-2(4,5)1(6)7/h6,11H,2-4,7-10H2,1H3;(H,6,7). The fourth-order valence-corrected chi connectivity index (χ4v) is 2.40. The number of likely N-dealkylation sites (tertiary alicyclic amines) is 1. The van der Waals surface area contributed by atoms with E-state index in [1.165, 1.54) is 18.9 Å². The third-order valence-corrected chi connectivity index (χ3v) is 3.68. The monoisotopic (exact) mass is 400 g/mol. The van der Waals surface area contributed by atoms with Crippen molar-refractivity contribution >= 4 is 5.97 Å². The molecule has 0 atom stereocenters. The summed E-state index contributed by atoms with van der Waals surface area (Å²) in [7, 11) is 0. The predicted molar refractivity (Wildman–Crippen MR) is 84.5 cm³/mol. The summed E-state index contributed by atoms with van der Waals surface area (Å²) >= 11 is 0. The lowest BCUT2D eigenvalue weighted by Crippen LogP contribution is -2.22. The van der Waals surface area contributed by atoms with Crippen LogP contribution in [0.2, 0.25) is 0 Å². The lowest BCUT2D eigenvalue weighted by Gasteiger charge is -2.16. The van der Waals surface area contributed by atoms with Gasteiger partial charge in [-0.05, 0) is 63.0 Å². The first-order chi connectivity index (χ1) is 12.4. The van der Waals surface area contributed by atoms with Crippen LogP contribution in [-0.2, 0) is 11.0 Å². The van der Waals surface area contributed by atoms with Crippen LogP contribution in [0.4, 0.5) is 26.3 Å². The van der Waals surface area contributed by atoms with Crippen molar-refractivity contribution in [3.05, 3.63) is 29.3 Å². The Labute approximate surface area is 152 Å². The molecule has 0 amide bonds. The van der Waals surface area contributed by atoms with Gasteiger partial charge in [-0.1, -0.05) is 0 Å². The van der Waals surface area contributed by atoms with Crippen molar-refractivity contribution in [2.24, 2.45) is 0 Å². The van der Waals surface area contributed by atoms with Gasteiger partial charge in [0.15, 0.2) is 0 Å². The number of rotatable bonds is 5. The van der Waals surface area contributed by atoms with Crippen LogP contribution in [-0.4, -0.2) is 48.4 Å². The second-order valence-electron chi connectivity index (χ2n) is 5.95. The number of aliphatic carboxylic acids is 1. The average Bonchev–Trinajstić information content (AvgIpc) is 3.05. The van der Waals surface area contributed by atoms with Gasteiger partial charge < -0.3 is 14.7 Å². The molecule has 0 aromatic heterocycles. The van der Waals surface area contributed by atoms with E-state index < -0.39 is 23.9 Å². The number of hydrogen-bond acceptors (Lipinski definition) is 3. The molecular weight excluding hydrogens is 380 g/mol. The van der Waals surface area contributed by atoms with Crippen molar-refractivity contribution in [2.75, 3.05) is 26.2 Å². The molecule has 1 aliphatic heterocycles. The highest BCUT2D eigenvalue weighted by Crippen LogP contribution is 2.36. The van der Waals surface area contributed by atoms with Crippen LogP contribution in [0.15, 0.2) is 12.1 Å². The van der Waals surface area contributed by atoms with Gasteiger partial charge in [0, 0.05) is 6.54 Å². The van der Waals surface area contributed by atoms with E-state index >= 15 is 0 Å². The molecule has 1 aliphatic rings. The number of hydrogen-bond donors (Lipinski definition) is 1. The van der Waals surface area contributed by atoms with E-state index in [1.54, 1.807) is 6.92 Å². The summed E-state index contributed by atoms with van der Waals surface area (Å²) in [6, 6.07) is 5.12. The van der Waals surface area contributed by atoms with Crippen molar-refractivity contribution in [2.45, 2.75) is 38.5 Å². The molecule has 1 saturated heterocycles. The van der Waals surface area contributed by atoms with E-state index in [0.29, 0.717) is 12.2 Å². The molecule has 1 N–H and O–H groups in total. The Morgan fingerprint density at radius 1 is 1.22 bits per heavy atom. The maximum atomic E-state index is 12.9. The third kappa shape index (κ3) is 8.51. The minimum atomic E-state index is -5.08. The SMILES string of the molecule is Cc1[c]cc(OCCCN2CCCC2)c(C(F)(F)F)c1.O=C(O)C(F)(F)F. The van der Waals surface area contributed by atoms with Gasteiger partial charge in [0.2, 0.25) is 0 Å². The maximum absolute atomic E-state index is 12.9. The van der Waals surface area contributed by atoms with Gasteiger partial charge in [-0.2, -0.15) is 26.3 Å². The Morgan fingerprint density at radius 2 is 1.78 bits per heavy atom. The smallest absolute Gasteiger partial charge is 0.490 e. The zero-order valence-corrected chi connectivity index (χ0v) is 14.6. The first kappa shape index (κ1) is 23.1. The van der Waals surface area contributed by atoms with Crippen molar-refractivity contribution in [3.63, 3.8) is 0 Å². The fourth-order valence-electron chi connectivity index (χ4n) is 2.40. The van der Waals surface area contributed by atoms with Gasteiger partial charge >= 0.3 is 18.3 Å². The van der Waals surface area contributed by atoms with Crippen LogP contribution >= 0.6 is 0 Å². The Bertz CT molecular complexity index is 610. The highest BCUT2D eigenvalue weighted by molar-refractivity contribution is 5.73. The molecule has 10 heteroatoms. The average molecular weight is 400 g/mol. The highest BCUT2D eigenvalue weighted by atomic mass is 19.4. The predicted octanol–water partition coefficient (Wildman–Crippen LogP) is 4.31. The molecule has 0 bridgehead atoms. The van der Waals surface area contributed by atoms with Gasteiger partial charge in [0.25, 0.3) is 0 Å². The van der Waals surface area contributed by atoms with E-state index in [1.807, 2.05) is 0 Å². The summed E-state index contributed by atoms with van der Waals surface area (Å²) in [5, 5.41) is 7.12. The molecule has 153 valence electrons. The summed E-state index contributed by atoms with van der Waals surface area (Å²) in [5.74, 6) is -2.88. The topological polar surface area (TPSA) is 49.8 Å². The lowest BCUT2D eigenvalue weighted by atomic mass is 10.1. The number of benzene rings is 1. The largest absolute Gasteiger partial charge is 0.493 e. The van der Waals surface area contributed by atoms with Gasteiger partial charge in [0.1, 0.15) is 5.75 Å². The second-order valence-corrected chi connectivity index (χ2v) is 5.95. The molecule has 2 rings (SSSR count). The van der Waals surface area contributed by atoms with E-state index in [9.17, 15) is 26.3 Å². The number of halogens is 6. The Morgan fingerprint density at radius 3 is 2.26 bits per heavy atom. The Hall–Kier alpha value is -1.97. The summed E-state index contributed by atoms with van der Waals surface area (Å²) in [4.78, 5) is 11.2. The molecule has 4 nitrogen and oxygen atoms in total. The van der Waals surface area contributed by atoms with Crippen LogP contribution < -0.4 is 4.74 Å². The van der Waals surface area contributed by atoms with Crippen LogP contribution in [0, 0.1) is 13.0 Å². The minimum absolute atomic E-state index is 0.121. The fraction of sp³-hybridized carbons (Fsp3) is 0.588. The molecule has 1 aromatic rings. The number of alkyl halides is 6. The first-order valence-electron chi connectivity index (χ1n) is 8.16. The van der Waals surface area contributed by atoms with Gasteiger partial charge in [-0.25, -0.2) is 4.79 Å². The van der Waals surface area contributed by atoms with Crippen molar-refractivity contribution < 1.29 is 41.0 Å². The van der Waals surface area contributed by atoms with Crippen LogP contribution in [0.3, 0.4) is 0 Å². The molecule has 0 saturated carbocycles. The Kier molecular flexibility index (Phi) is 8.39. The molecule has 0 spiro atoms. The first-order valence-corrected chi connectivity index (χ1v) is 8.16. The second kappa shape index (κ2) is 9.82. The van der Waals surface area contributed by atoms with E-state index in [4.69, 9.17) is 14.6 Å². The molecule has 1 heterocycles. The van der Waals surface area contributed by atoms with Crippen LogP contribution in [0.25, 0.3) is 0 Å². The quantitative estimate of drug-likeness (QED) is 0.591. The minimum Gasteiger partial charge on any atom is -0.493 e. The summed E-state index contributed by atoms with van der Waals surface area (Å²) in [5.41, 5.74) is -0.253. The number of ether oxygens (including phenoxy) is 1. The van der Waals surface area contributed by atoms with Crippen molar-refractivity contribution in [1.29, 1.82) is 0 Å². The summed E-state index contributed by atoms with van der Waals surface area (Å²) < 4.78 is 75.7. The molecule has 1 fully saturated rings. The van der Waals surface area contributed by atoms with Gasteiger partial charge in [-0.3, -0.25) is 0 Å². The molecular formula is C17H20F6NO3. The normalized spacial score (nSPS) is 15.2. The van der Waals surface area contributed by atoms with E-state index in [2.05, 4.69) is 11.0 Å². The van der Waals surface area contributed by atoms with Crippen molar-refractivity contribution in [3.8, 4) is 5.75 Å². The molecule has 0 aliphatic carbocycles. The van der Waals surface area contributed by atoms with Crippen LogP contribution in [0.1, 0.15) is 30.4 Å². The summed E-state index contributed by atoms with van der Waals surface area (Å²) in [6.07, 6.45) is -6.30. The summed E-state index contributed by atoms with van der Waals surface area (Å²) in [6.45, 7) is 4.96. The number of carboxylic acid groups (broad SMARTS) is 1. The van der Waals surface area contributed by atoms with Gasteiger partial charge in [-0.15, -0.1) is 0 Å².